The number of piperidine rings is 2. The Morgan fingerprint density at radius 2 is 1.89 bits per heavy atom. The van der Waals surface area contributed by atoms with Gasteiger partial charge in [0.05, 0.1) is 18.2 Å². The number of imidazole rings is 1. The Kier molecular flexibility index (Phi) is 5.77. The monoisotopic (exact) mass is 379 g/mol. The van der Waals surface area contributed by atoms with Crippen LogP contribution >= 0.6 is 0 Å². The van der Waals surface area contributed by atoms with Crippen molar-refractivity contribution in [3.63, 3.8) is 0 Å². The van der Waals surface area contributed by atoms with E-state index in [2.05, 4.69) is 25.8 Å². The molecule has 2 fully saturated rings. The maximum atomic E-state index is 10.2. The summed E-state index contributed by atoms with van der Waals surface area (Å²) in [5.41, 5.74) is 2.10. The number of aliphatic hydroxyl groups is 1. The number of benzene rings is 1. The number of nitrogens with one attached hydrogen (secondary N) is 1. The van der Waals surface area contributed by atoms with Crippen molar-refractivity contribution >= 4 is 0 Å². The van der Waals surface area contributed by atoms with Gasteiger partial charge in [0, 0.05) is 38.0 Å². The van der Waals surface area contributed by atoms with E-state index >= 15 is 0 Å². The second kappa shape index (κ2) is 8.44. The molecule has 1 spiro atoms. The average Bonchev–Trinajstić information content (AvgIpc) is 3.25. The van der Waals surface area contributed by atoms with Gasteiger partial charge in [0.1, 0.15) is 5.82 Å². The largest absolute Gasteiger partial charge is 0.396 e. The van der Waals surface area contributed by atoms with E-state index in [-0.39, 0.29) is 12.0 Å². The number of rotatable bonds is 5. The van der Waals surface area contributed by atoms with Crippen LogP contribution in [0.3, 0.4) is 0 Å². The Morgan fingerprint density at radius 3 is 2.57 bits per heavy atom. The lowest BCUT2D eigenvalue weighted by Gasteiger charge is -2.51. The van der Waals surface area contributed by atoms with Gasteiger partial charge in [-0.05, 0) is 55.9 Å². The summed E-state index contributed by atoms with van der Waals surface area (Å²) in [6, 6.07) is 10.2. The van der Waals surface area contributed by atoms with Crippen LogP contribution in [0.2, 0.25) is 0 Å². The van der Waals surface area contributed by atoms with Gasteiger partial charge < -0.3 is 10.1 Å². The average molecular weight is 380 g/mol. The summed E-state index contributed by atoms with van der Waals surface area (Å²) in [5, 5.41) is 19.5. The molecule has 0 bridgehead atoms. The quantitative estimate of drug-likeness (QED) is 0.834. The lowest BCUT2D eigenvalue weighted by Crippen LogP contribution is -2.53. The Balaban J connectivity index is 1.37. The van der Waals surface area contributed by atoms with Gasteiger partial charge in [0.2, 0.25) is 0 Å². The third-order valence-corrected chi connectivity index (χ3v) is 6.80. The van der Waals surface area contributed by atoms with Gasteiger partial charge >= 0.3 is 0 Å². The molecule has 2 aromatic rings. The molecule has 6 nitrogen and oxygen atoms in total. The normalized spacial score (nSPS) is 22.9. The Hall–Kier alpha value is -2.20. The van der Waals surface area contributed by atoms with Gasteiger partial charge in [0.25, 0.3) is 0 Å². The Morgan fingerprint density at radius 1 is 1.14 bits per heavy atom. The lowest BCUT2D eigenvalue weighted by atomic mass is 9.64. The molecule has 1 aromatic carbocycles. The van der Waals surface area contributed by atoms with Gasteiger partial charge in [-0.3, -0.25) is 9.80 Å². The minimum Gasteiger partial charge on any atom is -0.396 e. The van der Waals surface area contributed by atoms with Crippen molar-refractivity contribution in [2.75, 3.05) is 32.8 Å². The maximum absolute atomic E-state index is 10.2. The van der Waals surface area contributed by atoms with E-state index in [0.717, 1.165) is 75.5 Å². The smallest absolute Gasteiger partial charge is 0.120 e. The third-order valence-electron chi connectivity index (χ3n) is 6.80. The van der Waals surface area contributed by atoms with Crippen LogP contribution in [-0.2, 0) is 13.1 Å². The van der Waals surface area contributed by atoms with Crippen molar-refractivity contribution < 1.29 is 5.11 Å². The highest BCUT2D eigenvalue weighted by molar-refractivity contribution is 5.37. The lowest BCUT2D eigenvalue weighted by molar-refractivity contribution is -0.0453. The molecule has 0 unspecified atom stereocenters. The van der Waals surface area contributed by atoms with Crippen LogP contribution in [0.1, 0.15) is 36.2 Å². The highest BCUT2D eigenvalue weighted by Gasteiger charge is 2.44. The minimum absolute atomic E-state index is 0.245. The maximum Gasteiger partial charge on any atom is 0.120 e. The van der Waals surface area contributed by atoms with E-state index in [1.807, 2.05) is 36.7 Å². The van der Waals surface area contributed by atoms with Crippen LogP contribution in [0.4, 0.5) is 0 Å². The molecule has 2 saturated heterocycles. The van der Waals surface area contributed by atoms with Crippen LogP contribution in [0, 0.1) is 22.7 Å². The molecule has 2 N–H and O–H groups in total. The van der Waals surface area contributed by atoms with Gasteiger partial charge in [0.15, 0.2) is 0 Å². The topological polar surface area (TPSA) is 79.2 Å². The second-order valence-corrected chi connectivity index (χ2v) is 8.31. The fourth-order valence-electron chi connectivity index (χ4n) is 5.00. The van der Waals surface area contributed by atoms with E-state index in [1.54, 1.807) is 0 Å². The number of hydrogen-bond acceptors (Lipinski definition) is 5. The molecule has 0 saturated carbocycles. The van der Waals surface area contributed by atoms with Crippen LogP contribution in [0.15, 0.2) is 36.7 Å². The van der Waals surface area contributed by atoms with E-state index in [1.165, 1.54) is 0 Å². The van der Waals surface area contributed by atoms with Crippen LogP contribution in [0.5, 0.6) is 0 Å². The van der Waals surface area contributed by atoms with Crippen LogP contribution < -0.4 is 0 Å². The number of aliphatic hydroxyl groups excluding tert-OH is 1. The molecule has 148 valence electrons. The predicted molar refractivity (Wildman–Crippen MR) is 107 cm³/mol. The van der Waals surface area contributed by atoms with Gasteiger partial charge in [-0.25, -0.2) is 4.98 Å². The van der Waals surface area contributed by atoms with Gasteiger partial charge in [-0.1, -0.05) is 18.2 Å². The molecule has 1 atom stereocenters. The van der Waals surface area contributed by atoms with E-state index in [0.29, 0.717) is 5.92 Å². The standard InChI is InChI=1S/C22H29N5O/c23-13-18-3-1-2-4-19(18)14-27-12-7-22(20(15-27)17-28)5-10-26(11-6-22)16-21-24-8-9-25-21/h1-4,8-9,20,28H,5-7,10-12,14-17H2,(H,24,25)/t20-/m0/s1. The number of nitriles is 1. The fourth-order valence-corrected chi connectivity index (χ4v) is 5.00. The molecule has 28 heavy (non-hydrogen) atoms. The van der Waals surface area contributed by atoms with Crippen LogP contribution in [-0.4, -0.2) is 57.7 Å². The number of aromatic nitrogens is 2. The fraction of sp³-hybridized carbons (Fsp3) is 0.545. The van der Waals surface area contributed by atoms with E-state index < -0.39 is 0 Å². The second-order valence-electron chi connectivity index (χ2n) is 8.31. The first kappa shape index (κ1) is 19.1. The van der Waals surface area contributed by atoms with Crippen molar-refractivity contribution in [3.05, 3.63) is 53.6 Å². The van der Waals surface area contributed by atoms with E-state index in [9.17, 15) is 10.4 Å². The summed E-state index contributed by atoms with van der Waals surface area (Å²) in [4.78, 5) is 12.4. The number of aromatic amines is 1. The van der Waals surface area contributed by atoms with Crippen molar-refractivity contribution in [3.8, 4) is 6.07 Å². The van der Waals surface area contributed by atoms with Crippen molar-refractivity contribution in [2.45, 2.75) is 32.4 Å². The third kappa shape index (κ3) is 3.97. The molecule has 2 aliphatic heterocycles. The van der Waals surface area contributed by atoms with Gasteiger partial charge in [-0.2, -0.15) is 5.26 Å². The van der Waals surface area contributed by atoms with Crippen LogP contribution in [0.25, 0.3) is 0 Å². The molecule has 4 rings (SSSR count). The number of hydrogen-bond donors (Lipinski definition) is 2. The molecular formula is C22H29N5O. The Labute approximate surface area is 166 Å². The minimum atomic E-state index is 0.245. The highest BCUT2D eigenvalue weighted by atomic mass is 16.3. The zero-order valence-corrected chi connectivity index (χ0v) is 16.3. The molecule has 3 heterocycles. The molecular weight excluding hydrogens is 350 g/mol. The van der Waals surface area contributed by atoms with Crippen molar-refractivity contribution in [1.29, 1.82) is 5.26 Å². The predicted octanol–water partition coefficient (Wildman–Crippen LogP) is 2.38. The summed E-state index contributed by atoms with van der Waals surface area (Å²) >= 11 is 0. The summed E-state index contributed by atoms with van der Waals surface area (Å²) in [5.74, 6) is 1.34. The molecule has 1 aromatic heterocycles. The number of likely N-dealkylation sites (tertiary alicyclic amines) is 2. The SMILES string of the molecule is N#Cc1ccccc1CN1CCC2(CCN(Cc3ncc[nH]3)CC2)[C@H](CO)C1. The number of H-pyrrole nitrogens is 1. The molecule has 0 radical (unpaired) electrons. The molecule has 2 aliphatic rings. The summed E-state index contributed by atoms with van der Waals surface area (Å²) in [6.07, 6.45) is 7.09. The highest BCUT2D eigenvalue weighted by Crippen LogP contribution is 2.45. The summed E-state index contributed by atoms with van der Waals surface area (Å²) in [6.45, 7) is 5.99. The van der Waals surface area contributed by atoms with Crippen molar-refractivity contribution in [1.82, 2.24) is 19.8 Å². The first-order valence-electron chi connectivity index (χ1n) is 10.2. The summed E-state index contributed by atoms with van der Waals surface area (Å²) in [7, 11) is 0. The zero-order valence-electron chi connectivity index (χ0n) is 16.3. The summed E-state index contributed by atoms with van der Waals surface area (Å²) < 4.78 is 0. The van der Waals surface area contributed by atoms with Crippen molar-refractivity contribution in [2.24, 2.45) is 11.3 Å². The molecule has 6 heteroatoms. The zero-order chi connectivity index (χ0) is 19.4. The Bertz CT molecular complexity index is 805. The van der Waals surface area contributed by atoms with Gasteiger partial charge in [-0.15, -0.1) is 0 Å². The first-order valence-corrected chi connectivity index (χ1v) is 10.2. The number of nitrogens with zero attached hydrogens (tertiary/aromatic N) is 4. The first-order chi connectivity index (χ1) is 13.7. The molecule has 0 amide bonds. The molecule has 0 aliphatic carbocycles. The van der Waals surface area contributed by atoms with E-state index in [4.69, 9.17) is 0 Å².